The molecule has 2 nitrogen and oxygen atoms in total. The van der Waals surface area contributed by atoms with Crippen molar-refractivity contribution in [3.63, 3.8) is 0 Å². The fourth-order valence-electron chi connectivity index (χ4n) is 3.22. The highest BCUT2D eigenvalue weighted by atomic mass is 32.2. The van der Waals surface area contributed by atoms with E-state index < -0.39 is 10.8 Å². The Morgan fingerprint density at radius 2 is 1.38 bits per heavy atom. The van der Waals surface area contributed by atoms with Gasteiger partial charge in [0.25, 0.3) is 0 Å². The highest BCUT2D eigenvalue weighted by molar-refractivity contribution is 7.99. The molecule has 24 heavy (non-hydrogen) atoms. The van der Waals surface area contributed by atoms with Gasteiger partial charge in [0.15, 0.2) is 0 Å². The Balaban J connectivity index is 0.000000181. The lowest BCUT2D eigenvalue weighted by Crippen LogP contribution is -2.17. The highest BCUT2D eigenvalue weighted by Crippen LogP contribution is 2.24. The van der Waals surface area contributed by atoms with Gasteiger partial charge in [-0.3, -0.25) is 4.21 Å². The van der Waals surface area contributed by atoms with Crippen molar-refractivity contribution in [1.29, 1.82) is 0 Å². The van der Waals surface area contributed by atoms with Crippen molar-refractivity contribution in [2.24, 2.45) is 17.8 Å². The Morgan fingerprint density at radius 3 is 1.75 bits per heavy atom. The average molecular weight is 377 g/mol. The second kappa shape index (κ2) is 14.6. The van der Waals surface area contributed by atoms with Gasteiger partial charge in [0.05, 0.1) is 0 Å². The summed E-state index contributed by atoms with van der Waals surface area (Å²) in [4.78, 5) is 0. The molecule has 4 heteroatoms. The van der Waals surface area contributed by atoms with Gasteiger partial charge in [0, 0.05) is 35.5 Å². The highest BCUT2D eigenvalue weighted by Gasteiger charge is 2.15. The molecule has 3 aliphatic rings. The van der Waals surface area contributed by atoms with E-state index in [2.05, 4.69) is 32.5 Å². The molecular formula is C20H40O2S2. The molecule has 0 saturated carbocycles. The molecule has 0 radical (unpaired) electrons. The summed E-state index contributed by atoms with van der Waals surface area (Å²) in [6.45, 7) is 8.78. The predicted octanol–water partition coefficient (Wildman–Crippen LogP) is 5.53. The van der Waals surface area contributed by atoms with Crippen LogP contribution in [0, 0.1) is 17.8 Å². The first kappa shape index (κ1) is 22.5. The molecule has 0 aromatic rings. The van der Waals surface area contributed by atoms with Crippen molar-refractivity contribution in [3.05, 3.63) is 0 Å². The Labute approximate surface area is 157 Å². The molecule has 0 aliphatic carbocycles. The number of ether oxygens (including phenoxy) is 1. The minimum atomic E-state index is -0.463. The maximum absolute atomic E-state index is 10.8. The van der Waals surface area contributed by atoms with Crippen molar-refractivity contribution in [3.8, 4) is 0 Å². The molecule has 3 saturated heterocycles. The SMILES string of the molecule is CC1CCOCC1.CCC1CCS(=O)CC1.CCC1CCSCC1. The van der Waals surface area contributed by atoms with E-state index >= 15 is 0 Å². The molecule has 0 bridgehead atoms. The molecule has 0 amide bonds. The molecule has 0 aromatic heterocycles. The van der Waals surface area contributed by atoms with Gasteiger partial charge in [-0.15, -0.1) is 0 Å². The monoisotopic (exact) mass is 376 g/mol. The van der Waals surface area contributed by atoms with Crippen LogP contribution in [0.2, 0.25) is 0 Å². The zero-order valence-corrected chi connectivity index (χ0v) is 17.9. The number of hydrogen-bond donors (Lipinski definition) is 0. The van der Waals surface area contributed by atoms with Gasteiger partial charge >= 0.3 is 0 Å². The van der Waals surface area contributed by atoms with Gasteiger partial charge < -0.3 is 4.74 Å². The van der Waals surface area contributed by atoms with E-state index in [1.807, 2.05) is 0 Å². The first-order chi connectivity index (χ1) is 11.7. The van der Waals surface area contributed by atoms with Crippen molar-refractivity contribution in [2.45, 2.75) is 72.1 Å². The van der Waals surface area contributed by atoms with Crippen molar-refractivity contribution in [2.75, 3.05) is 36.2 Å². The number of hydrogen-bond acceptors (Lipinski definition) is 3. The molecule has 0 unspecified atom stereocenters. The minimum Gasteiger partial charge on any atom is -0.381 e. The van der Waals surface area contributed by atoms with Gasteiger partial charge in [-0.05, 0) is 67.8 Å². The van der Waals surface area contributed by atoms with Crippen molar-refractivity contribution >= 4 is 22.6 Å². The summed E-state index contributed by atoms with van der Waals surface area (Å²) in [7, 11) is -0.463. The molecule has 3 heterocycles. The van der Waals surface area contributed by atoms with Gasteiger partial charge in [-0.25, -0.2) is 0 Å². The number of thioether (sulfide) groups is 1. The summed E-state index contributed by atoms with van der Waals surface area (Å²) >= 11 is 2.11. The lowest BCUT2D eigenvalue weighted by molar-refractivity contribution is 0.0716. The van der Waals surface area contributed by atoms with Gasteiger partial charge in [-0.1, -0.05) is 33.6 Å². The van der Waals surface area contributed by atoms with Crippen LogP contribution in [-0.4, -0.2) is 40.4 Å². The largest absolute Gasteiger partial charge is 0.381 e. The zero-order valence-electron chi connectivity index (χ0n) is 16.3. The van der Waals surface area contributed by atoms with Crippen LogP contribution in [0.25, 0.3) is 0 Å². The summed E-state index contributed by atoms with van der Waals surface area (Å²) in [5.74, 6) is 7.60. The topological polar surface area (TPSA) is 26.3 Å². The van der Waals surface area contributed by atoms with Gasteiger partial charge in [-0.2, -0.15) is 11.8 Å². The Bertz CT molecular complexity index is 301. The van der Waals surface area contributed by atoms with E-state index in [0.29, 0.717) is 0 Å². The second-order valence-electron chi connectivity index (χ2n) is 7.46. The molecule has 0 spiro atoms. The molecule has 3 aliphatic heterocycles. The lowest BCUT2D eigenvalue weighted by Gasteiger charge is -2.18. The van der Waals surface area contributed by atoms with Crippen LogP contribution in [-0.2, 0) is 15.5 Å². The quantitative estimate of drug-likeness (QED) is 0.634. The number of rotatable bonds is 2. The summed E-state index contributed by atoms with van der Waals surface area (Å²) in [5, 5.41) is 0. The molecule has 0 aromatic carbocycles. The van der Waals surface area contributed by atoms with Crippen molar-refractivity contribution < 1.29 is 8.95 Å². The van der Waals surface area contributed by atoms with Crippen LogP contribution in [0.5, 0.6) is 0 Å². The van der Waals surface area contributed by atoms with Crippen LogP contribution in [0.15, 0.2) is 0 Å². The second-order valence-corrected chi connectivity index (χ2v) is 10.4. The van der Waals surface area contributed by atoms with Crippen LogP contribution in [0.1, 0.15) is 72.1 Å². The third kappa shape index (κ3) is 11.1. The Hall–Kier alpha value is 0.460. The minimum absolute atomic E-state index is 0.463. The van der Waals surface area contributed by atoms with E-state index in [4.69, 9.17) is 4.74 Å². The molecule has 144 valence electrons. The van der Waals surface area contributed by atoms with Gasteiger partial charge in [0.1, 0.15) is 0 Å². The first-order valence-electron chi connectivity index (χ1n) is 10.2. The zero-order chi connectivity index (χ0) is 17.6. The first-order valence-corrected chi connectivity index (χ1v) is 12.8. The van der Waals surface area contributed by atoms with Gasteiger partial charge in [0.2, 0.25) is 0 Å². The standard InChI is InChI=1S/C7H14OS.C7H14S.C6H12O/c1-2-7-3-5-9(8)6-4-7;1-2-7-3-5-8-6-4-7;1-6-2-4-7-5-3-6/h7H,2-6H2,1H3;7H,2-6H2,1H3;6H,2-5H2,1H3. The Kier molecular flexibility index (Phi) is 13.7. The van der Waals surface area contributed by atoms with E-state index in [0.717, 1.165) is 42.5 Å². The summed E-state index contributed by atoms with van der Waals surface area (Å²) < 4.78 is 16.0. The van der Waals surface area contributed by atoms with E-state index in [1.54, 1.807) is 0 Å². The smallest absolute Gasteiger partial charge is 0.0468 e. The van der Waals surface area contributed by atoms with Crippen LogP contribution in [0.3, 0.4) is 0 Å². The Morgan fingerprint density at radius 1 is 0.875 bits per heavy atom. The summed E-state index contributed by atoms with van der Waals surface area (Å²) in [6.07, 6.45) is 10.5. The third-order valence-corrected chi connectivity index (χ3v) is 7.94. The fraction of sp³-hybridized carbons (Fsp3) is 1.00. The van der Waals surface area contributed by atoms with E-state index in [9.17, 15) is 4.21 Å². The third-order valence-electron chi connectivity index (χ3n) is 5.51. The summed E-state index contributed by atoms with van der Waals surface area (Å²) in [5.41, 5.74) is 0. The predicted molar refractivity (Wildman–Crippen MR) is 110 cm³/mol. The van der Waals surface area contributed by atoms with E-state index in [1.165, 1.54) is 62.9 Å². The van der Waals surface area contributed by atoms with E-state index in [-0.39, 0.29) is 0 Å². The molecule has 0 atom stereocenters. The molecule has 3 rings (SSSR count). The average Bonchev–Trinajstić information content (AvgIpc) is 2.65. The van der Waals surface area contributed by atoms with Crippen molar-refractivity contribution in [1.82, 2.24) is 0 Å². The van der Waals surface area contributed by atoms with Crippen LogP contribution in [0.4, 0.5) is 0 Å². The molecule has 0 N–H and O–H groups in total. The maximum atomic E-state index is 10.8. The van der Waals surface area contributed by atoms with Crippen LogP contribution >= 0.6 is 11.8 Å². The molecule has 3 fully saturated rings. The summed E-state index contributed by atoms with van der Waals surface area (Å²) in [6, 6.07) is 0. The fourth-order valence-corrected chi connectivity index (χ4v) is 5.82. The molecular weight excluding hydrogens is 336 g/mol. The maximum Gasteiger partial charge on any atom is 0.0468 e. The normalized spacial score (nSPS) is 29.0. The lowest BCUT2D eigenvalue weighted by atomic mass is 10.0. The van der Waals surface area contributed by atoms with Crippen LogP contribution < -0.4 is 0 Å².